The van der Waals surface area contributed by atoms with Crippen LogP contribution in [0, 0.1) is 5.92 Å². The Balaban J connectivity index is 1.02. The first-order chi connectivity index (χ1) is 28.9. The van der Waals surface area contributed by atoms with Crippen molar-refractivity contribution in [2.45, 2.75) is 49.5 Å². The SMILES string of the molecule is COCCCCC1(CNC(=O)[C@H]2C[C@@H](NC(=O)Cc3ccc(OC)cc3)CN(C(=O)OCC3c4ccccc4-c4ccccc43)C2)c2ccccc2Oc2ccccc21. The van der Waals surface area contributed by atoms with E-state index in [1.807, 2.05) is 84.9 Å². The molecule has 0 aromatic heterocycles. The smallest absolute Gasteiger partial charge is 0.409 e. The Labute approximate surface area is 345 Å². The van der Waals surface area contributed by atoms with Gasteiger partial charge in [0.25, 0.3) is 0 Å². The number of unbranched alkanes of at least 4 members (excludes halogenated alkanes) is 1. The molecule has 2 heterocycles. The molecule has 0 saturated carbocycles. The van der Waals surface area contributed by atoms with Gasteiger partial charge >= 0.3 is 6.09 Å². The Morgan fingerprint density at radius 2 is 1.39 bits per heavy atom. The lowest BCUT2D eigenvalue weighted by Gasteiger charge is -2.41. The van der Waals surface area contributed by atoms with Gasteiger partial charge in [-0.3, -0.25) is 9.59 Å². The normalized spacial score (nSPS) is 17.4. The van der Waals surface area contributed by atoms with Crippen molar-refractivity contribution in [1.29, 1.82) is 0 Å². The number of carbonyl (C=O) groups is 3. The molecular formula is C49H51N3O7. The Kier molecular flexibility index (Phi) is 12.0. The fraction of sp³-hybridized carbons (Fsp3) is 0.327. The lowest BCUT2D eigenvalue weighted by molar-refractivity contribution is -0.128. The number of hydrogen-bond donors (Lipinski definition) is 2. The lowest BCUT2D eigenvalue weighted by Crippen LogP contribution is -2.56. The number of benzene rings is 5. The summed E-state index contributed by atoms with van der Waals surface area (Å²) in [4.78, 5) is 43.6. The maximum Gasteiger partial charge on any atom is 0.409 e. The zero-order valence-corrected chi connectivity index (χ0v) is 33.7. The fourth-order valence-corrected chi connectivity index (χ4v) is 9.20. The van der Waals surface area contributed by atoms with Crippen LogP contribution in [0.5, 0.6) is 17.2 Å². The standard InChI is InChI=1S/C49H51N3O7/c1-56-26-12-11-25-49(42-17-7-9-19-44(42)59-45-20-10-8-18-43(45)49)32-50-47(54)34-28-35(51-46(53)27-33-21-23-36(57-2)24-22-33)30-52(29-34)48(55)58-31-41-39-15-5-3-13-37(39)38-14-4-6-16-40(38)41/h3-10,13-24,34-35,41H,11-12,25-32H2,1-2H3,(H,50,54)(H,51,53)/t34-,35+/m0/s1. The molecule has 304 valence electrons. The second-order valence-electron chi connectivity index (χ2n) is 15.8. The molecule has 10 nitrogen and oxygen atoms in total. The van der Waals surface area contributed by atoms with E-state index in [0.717, 1.165) is 69.7 Å². The van der Waals surface area contributed by atoms with Crippen molar-refractivity contribution in [3.63, 3.8) is 0 Å². The minimum absolute atomic E-state index is 0.111. The molecule has 1 saturated heterocycles. The van der Waals surface area contributed by atoms with Gasteiger partial charge in [0.1, 0.15) is 23.9 Å². The molecule has 1 aliphatic carbocycles. The number of para-hydroxylation sites is 2. The second kappa shape index (κ2) is 17.8. The number of methoxy groups -OCH3 is 2. The van der Waals surface area contributed by atoms with E-state index in [0.29, 0.717) is 25.3 Å². The number of amides is 3. The summed E-state index contributed by atoms with van der Waals surface area (Å²) in [6, 6.07) is 39.4. The molecule has 2 atom stereocenters. The first-order valence-corrected chi connectivity index (χ1v) is 20.5. The summed E-state index contributed by atoms with van der Waals surface area (Å²) in [7, 11) is 3.31. The summed E-state index contributed by atoms with van der Waals surface area (Å²) >= 11 is 0. The molecule has 2 N–H and O–H groups in total. The highest BCUT2D eigenvalue weighted by atomic mass is 16.6. The third-order valence-electron chi connectivity index (χ3n) is 12.1. The summed E-state index contributed by atoms with van der Waals surface area (Å²) in [5.74, 6) is 1.15. The van der Waals surface area contributed by atoms with E-state index in [4.69, 9.17) is 18.9 Å². The quantitative estimate of drug-likeness (QED) is 0.110. The Bertz CT molecular complexity index is 2200. The topological polar surface area (TPSA) is 115 Å². The number of ether oxygens (including phenoxy) is 4. The van der Waals surface area contributed by atoms with Crippen molar-refractivity contribution in [2.75, 3.05) is 47.1 Å². The number of fused-ring (bicyclic) bond motifs is 5. The van der Waals surface area contributed by atoms with Gasteiger partial charge in [-0.15, -0.1) is 0 Å². The number of rotatable bonds is 14. The van der Waals surface area contributed by atoms with Crippen molar-refractivity contribution in [2.24, 2.45) is 5.92 Å². The van der Waals surface area contributed by atoms with E-state index in [1.54, 1.807) is 19.1 Å². The number of piperidine rings is 1. The van der Waals surface area contributed by atoms with E-state index in [2.05, 4.69) is 47.0 Å². The summed E-state index contributed by atoms with van der Waals surface area (Å²) in [5.41, 5.74) is 6.82. The monoisotopic (exact) mass is 793 g/mol. The van der Waals surface area contributed by atoms with Gasteiger partial charge in [-0.05, 0) is 77.8 Å². The molecule has 10 heteroatoms. The Morgan fingerprint density at radius 1 is 0.763 bits per heavy atom. The number of carbonyl (C=O) groups excluding carboxylic acids is 3. The molecule has 2 aliphatic heterocycles. The van der Waals surface area contributed by atoms with Crippen LogP contribution in [0.2, 0.25) is 0 Å². The molecule has 8 rings (SSSR count). The molecule has 3 aliphatic rings. The van der Waals surface area contributed by atoms with Gasteiger partial charge in [-0.1, -0.05) is 97.1 Å². The van der Waals surface area contributed by atoms with Crippen molar-refractivity contribution >= 4 is 17.9 Å². The van der Waals surface area contributed by atoms with Gasteiger partial charge < -0.3 is 34.5 Å². The molecule has 0 radical (unpaired) electrons. The summed E-state index contributed by atoms with van der Waals surface area (Å²) in [6.45, 7) is 1.50. The van der Waals surface area contributed by atoms with E-state index in [9.17, 15) is 14.4 Å². The van der Waals surface area contributed by atoms with Crippen LogP contribution in [0.1, 0.15) is 59.4 Å². The molecule has 59 heavy (non-hydrogen) atoms. The van der Waals surface area contributed by atoms with Crippen LogP contribution in [0.3, 0.4) is 0 Å². The highest BCUT2D eigenvalue weighted by molar-refractivity contribution is 5.82. The first kappa shape index (κ1) is 39.7. The predicted octanol–water partition coefficient (Wildman–Crippen LogP) is 8.02. The average Bonchev–Trinajstić information content (AvgIpc) is 3.59. The summed E-state index contributed by atoms with van der Waals surface area (Å²) < 4.78 is 23.2. The number of hydrogen-bond acceptors (Lipinski definition) is 7. The molecule has 5 aromatic carbocycles. The van der Waals surface area contributed by atoms with E-state index < -0.39 is 23.5 Å². The van der Waals surface area contributed by atoms with Gasteiger partial charge in [0, 0.05) is 61.9 Å². The van der Waals surface area contributed by atoms with Crippen molar-refractivity contribution in [1.82, 2.24) is 15.5 Å². The molecule has 0 spiro atoms. The van der Waals surface area contributed by atoms with Crippen LogP contribution < -0.4 is 20.1 Å². The van der Waals surface area contributed by atoms with E-state index in [1.165, 1.54) is 0 Å². The highest BCUT2D eigenvalue weighted by Crippen LogP contribution is 2.50. The predicted molar refractivity (Wildman–Crippen MR) is 226 cm³/mol. The minimum atomic E-state index is -0.605. The molecule has 0 bridgehead atoms. The zero-order chi connectivity index (χ0) is 40.8. The summed E-state index contributed by atoms with van der Waals surface area (Å²) in [6.07, 6.45) is 2.50. The second-order valence-corrected chi connectivity index (χ2v) is 15.8. The lowest BCUT2D eigenvalue weighted by atomic mass is 9.69. The van der Waals surface area contributed by atoms with Crippen LogP contribution >= 0.6 is 0 Å². The van der Waals surface area contributed by atoms with Gasteiger partial charge in [-0.2, -0.15) is 0 Å². The van der Waals surface area contributed by atoms with Crippen molar-refractivity contribution in [3.05, 3.63) is 149 Å². The molecular weight excluding hydrogens is 743 g/mol. The highest BCUT2D eigenvalue weighted by Gasteiger charge is 2.43. The third-order valence-corrected chi connectivity index (χ3v) is 12.1. The van der Waals surface area contributed by atoms with Crippen LogP contribution in [0.15, 0.2) is 121 Å². The number of nitrogens with zero attached hydrogens (tertiary/aromatic N) is 1. The van der Waals surface area contributed by atoms with Gasteiger partial charge in [0.15, 0.2) is 0 Å². The van der Waals surface area contributed by atoms with Gasteiger partial charge in [0.2, 0.25) is 11.8 Å². The van der Waals surface area contributed by atoms with Crippen molar-refractivity contribution in [3.8, 4) is 28.4 Å². The first-order valence-electron chi connectivity index (χ1n) is 20.5. The largest absolute Gasteiger partial charge is 0.497 e. The maximum atomic E-state index is 14.5. The Hall–Kier alpha value is -6.13. The molecule has 3 amide bonds. The van der Waals surface area contributed by atoms with E-state index in [-0.39, 0.29) is 43.8 Å². The third kappa shape index (κ3) is 8.41. The van der Waals surface area contributed by atoms with Gasteiger partial charge in [-0.25, -0.2) is 4.79 Å². The average molecular weight is 794 g/mol. The van der Waals surface area contributed by atoms with Gasteiger partial charge in [0.05, 0.1) is 19.4 Å². The summed E-state index contributed by atoms with van der Waals surface area (Å²) in [5, 5.41) is 6.48. The van der Waals surface area contributed by atoms with Crippen LogP contribution in [-0.4, -0.2) is 75.9 Å². The fourth-order valence-electron chi connectivity index (χ4n) is 9.20. The molecule has 0 unspecified atom stereocenters. The number of likely N-dealkylation sites (tertiary alicyclic amines) is 1. The maximum absolute atomic E-state index is 14.5. The number of nitrogens with one attached hydrogen (secondary N) is 2. The molecule has 1 fully saturated rings. The Morgan fingerprint density at radius 3 is 2.03 bits per heavy atom. The van der Waals surface area contributed by atoms with Crippen LogP contribution in [-0.2, 0) is 30.9 Å². The van der Waals surface area contributed by atoms with Crippen molar-refractivity contribution < 1.29 is 33.3 Å². The minimum Gasteiger partial charge on any atom is -0.497 e. The molecule has 5 aromatic rings. The van der Waals surface area contributed by atoms with Crippen LogP contribution in [0.25, 0.3) is 11.1 Å². The van der Waals surface area contributed by atoms with Crippen LogP contribution in [0.4, 0.5) is 4.79 Å². The van der Waals surface area contributed by atoms with E-state index >= 15 is 0 Å². The zero-order valence-electron chi connectivity index (χ0n) is 33.7.